The molecular formula is C12H18O2. The number of methoxy groups -OCH3 is 1. The van der Waals surface area contributed by atoms with E-state index in [0.717, 1.165) is 11.1 Å². The number of aliphatic hydroxyl groups is 1. The Balaban J connectivity index is 3.07. The fourth-order valence-electron chi connectivity index (χ4n) is 1.46. The Morgan fingerprint density at radius 2 is 1.71 bits per heavy atom. The van der Waals surface area contributed by atoms with Gasteiger partial charge in [0.25, 0.3) is 0 Å². The maximum Gasteiger partial charge on any atom is 0.180 e. The zero-order valence-electron chi connectivity index (χ0n) is 9.24. The van der Waals surface area contributed by atoms with Crippen LogP contribution in [0.2, 0.25) is 0 Å². The summed E-state index contributed by atoms with van der Waals surface area (Å²) in [6.07, 6.45) is -0.813. The molecule has 1 aromatic rings. The third-order valence-corrected chi connectivity index (χ3v) is 2.30. The van der Waals surface area contributed by atoms with Gasteiger partial charge in [0, 0.05) is 12.7 Å². The first-order valence-corrected chi connectivity index (χ1v) is 4.87. The second-order valence-electron chi connectivity index (χ2n) is 3.92. The van der Waals surface area contributed by atoms with E-state index in [-0.39, 0.29) is 0 Å². The highest BCUT2D eigenvalue weighted by Gasteiger charge is 2.08. The van der Waals surface area contributed by atoms with Crippen LogP contribution in [0.5, 0.6) is 0 Å². The van der Waals surface area contributed by atoms with E-state index in [0.29, 0.717) is 5.92 Å². The highest BCUT2D eigenvalue weighted by molar-refractivity contribution is 5.31. The van der Waals surface area contributed by atoms with E-state index in [4.69, 9.17) is 4.74 Å². The highest BCUT2D eigenvalue weighted by Crippen LogP contribution is 2.22. The quantitative estimate of drug-likeness (QED) is 0.750. The van der Waals surface area contributed by atoms with Crippen LogP contribution in [-0.2, 0) is 4.74 Å². The maximum atomic E-state index is 9.54. The van der Waals surface area contributed by atoms with Gasteiger partial charge in [-0.25, -0.2) is 0 Å². The lowest BCUT2D eigenvalue weighted by Crippen LogP contribution is -2.01. The molecular weight excluding hydrogens is 176 g/mol. The van der Waals surface area contributed by atoms with Gasteiger partial charge < -0.3 is 9.84 Å². The molecule has 0 spiro atoms. The van der Waals surface area contributed by atoms with Crippen molar-refractivity contribution in [2.75, 3.05) is 7.11 Å². The summed E-state index contributed by atoms with van der Waals surface area (Å²) in [6.45, 7) is 6.30. The van der Waals surface area contributed by atoms with E-state index in [1.165, 1.54) is 12.7 Å². The van der Waals surface area contributed by atoms with Crippen molar-refractivity contribution in [3.63, 3.8) is 0 Å². The van der Waals surface area contributed by atoms with Crippen molar-refractivity contribution in [3.05, 3.63) is 34.9 Å². The van der Waals surface area contributed by atoms with Crippen LogP contribution in [0.25, 0.3) is 0 Å². The summed E-state index contributed by atoms with van der Waals surface area (Å²) < 4.78 is 4.88. The molecule has 2 heteroatoms. The van der Waals surface area contributed by atoms with Crippen LogP contribution in [0, 0.1) is 6.92 Å². The normalized spacial score (nSPS) is 13.3. The smallest absolute Gasteiger partial charge is 0.180 e. The molecule has 1 unspecified atom stereocenters. The number of hydrogen-bond donors (Lipinski definition) is 1. The summed E-state index contributed by atoms with van der Waals surface area (Å²) in [5.41, 5.74) is 3.22. The maximum absolute atomic E-state index is 9.54. The van der Waals surface area contributed by atoms with Gasteiger partial charge in [-0.05, 0) is 18.4 Å². The molecule has 0 saturated heterocycles. The molecule has 1 N–H and O–H groups in total. The van der Waals surface area contributed by atoms with Crippen molar-refractivity contribution in [1.82, 2.24) is 0 Å². The van der Waals surface area contributed by atoms with E-state index in [1.807, 2.05) is 19.1 Å². The van der Waals surface area contributed by atoms with Gasteiger partial charge in [-0.3, -0.25) is 0 Å². The van der Waals surface area contributed by atoms with Gasteiger partial charge in [-0.15, -0.1) is 0 Å². The Hall–Kier alpha value is -0.860. The summed E-state index contributed by atoms with van der Waals surface area (Å²) in [7, 11) is 1.50. The molecule has 0 amide bonds. The van der Waals surface area contributed by atoms with Gasteiger partial charge >= 0.3 is 0 Å². The van der Waals surface area contributed by atoms with Crippen molar-refractivity contribution in [1.29, 1.82) is 0 Å². The third kappa shape index (κ3) is 2.56. The molecule has 1 rings (SSSR count). The van der Waals surface area contributed by atoms with Crippen LogP contribution < -0.4 is 0 Å². The molecule has 2 nitrogen and oxygen atoms in total. The molecule has 1 aromatic carbocycles. The number of aliphatic hydroxyl groups excluding tert-OH is 1. The average Bonchev–Trinajstić information content (AvgIpc) is 2.15. The Labute approximate surface area is 85.5 Å². The lowest BCUT2D eigenvalue weighted by Gasteiger charge is -2.13. The molecule has 1 atom stereocenters. The molecule has 0 saturated carbocycles. The lowest BCUT2D eigenvalue weighted by molar-refractivity contribution is -0.0770. The second-order valence-corrected chi connectivity index (χ2v) is 3.92. The highest BCUT2D eigenvalue weighted by atomic mass is 16.6. The topological polar surface area (TPSA) is 29.5 Å². The number of hydrogen-bond acceptors (Lipinski definition) is 2. The van der Waals surface area contributed by atoms with Gasteiger partial charge in [0.15, 0.2) is 6.29 Å². The second kappa shape index (κ2) is 4.58. The van der Waals surface area contributed by atoms with Crippen LogP contribution in [0.3, 0.4) is 0 Å². The number of benzene rings is 1. The van der Waals surface area contributed by atoms with Gasteiger partial charge in [0.1, 0.15) is 0 Å². The summed E-state index contributed by atoms with van der Waals surface area (Å²) in [5.74, 6) is 0.470. The Morgan fingerprint density at radius 3 is 2.21 bits per heavy atom. The average molecular weight is 194 g/mol. The van der Waals surface area contributed by atoms with E-state index in [9.17, 15) is 5.11 Å². The number of aryl methyl sites for hydroxylation is 1. The molecule has 0 aromatic heterocycles. The van der Waals surface area contributed by atoms with E-state index in [1.54, 1.807) is 0 Å². The first-order chi connectivity index (χ1) is 6.54. The van der Waals surface area contributed by atoms with Gasteiger partial charge in [0.2, 0.25) is 0 Å². The number of ether oxygens (including phenoxy) is 1. The van der Waals surface area contributed by atoms with Crippen molar-refractivity contribution < 1.29 is 9.84 Å². The van der Waals surface area contributed by atoms with Gasteiger partial charge in [-0.2, -0.15) is 0 Å². The van der Waals surface area contributed by atoms with Crippen LogP contribution in [0.4, 0.5) is 0 Å². The monoisotopic (exact) mass is 194 g/mol. The van der Waals surface area contributed by atoms with Crippen molar-refractivity contribution >= 4 is 0 Å². The van der Waals surface area contributed by atoms with Crippen molar-refractivity contribution in [3.8, 4) is 0 Å². The molecule has 0 aliphatic carbocycles. The standard InChI is InChI=1S/C12H18O2/c1-8(2)10-5-9(3)6-11(7-10)12(13)14-4/h5-8,12-13H,1-4H3. The first kappa shape index (κ1) is 11.2. The molecule has 0 aliphatic heterocycles. The zero-order valence-corrected chi connectivity index (χ0v) is 9.24. The van der Waals surface area contributed by atoms with Crippen LogP contribution in [-0.4, -0.2) is 12.2 Å². The van der Waals surface area contributed by atoms with E-state index < -0.39 is 6.29 Å². The van der Waals surface area contributed by atoms with Crippen molar-refractivity contribution in [2.45, 2.75) is 33.0 Å². The van der Waals surface area contributed by atoms with Crippen LogP contribution in [0.15, 0.2) is 18.2 Å². The summed E-state index contributed by atoms with van der Waals surface area (Å²) in [4.78, 5) is 0. The first-order valence-electron chi connectivity index (χ1n) is 4.87. The third-order valence-electron chi connectivity index (χ3n) is 2.30. The van der Waals surface area contributed by atoms with Crippen LogP contribution in [0.1, 0.15) is 42.7 Å². The summed E-state index contributed by atoms with van der Waals surface area (Å²) in [6, 6.07) is 6.07. The fourth-order valence-corrected chi connectivity index (χ4v) is 1.46. The minimum atomic E-state index is -0.813. The Bertz CT molecular complexity index is 305. The molecule has 0 fully saturated rings. The largest absolute Gasteiger partial charge is 0.364 e. The molecule has 0 radical (unpaired) electrons. The fraction of sp³-hybridized carbons (Fsp3) is 0.500. The molecule has 0 bridgehead atoms. The molecule has 0 aliphatic rings. The molecule has 0 heterocycles. The predicted molar refractivity (Wildman–Crippen MR) is 57.2 cm³/mol. The van der Waals surface area contributed by atoms with E-state index in [2.05, 4.69) is 19.9 Å². The van der Waals surface area contributed by atoms with Gasteiger partial charge in [-0.1, -0.05) is 37.6 Å². The molecule has 78 valence electrons. The van der Waals surface area contributed by atoms with Crippen LogP contribution >= 0.6 is 0 Å². The van der Waals surface area contributed by atoms with Crippen molar-refractivity contribution in [2.24, 2.45) is 0 Å². The summed E-state index contributed by atoms with van der Waals surface area (Å²) >= 11 is 0. The minimum absolute atomic E-state index is 0.470. The van der Waals surface area contributed by atoms with E-state index >= 15 is 0 Å². The lowest BCUT2D eigenvalue weighted by atomic mass is 9.98. The molecule has 14 heavy (non-hydrogen) atoms. The SMILES string of the molecule is COC(O)c1cc(C)cc(C(C)C)c1. The predicted octanol–water partition coefficient (Wildman–Crippen LogP) is 2.76. The zero-order chi connectivity index (χ0) is 10.7. The Kier molecular flexibility index (Phi) is 3.67. The minimum Gasteiger partial charge on any atom is -0.364 e. The van der Waals surface area contributed by atoms with Gasteiger partial charge in [0.05, 0.1) is 0 Å². The Morgan fingerprint density at radius 1 is 1.14 bits per heavy atom. The number of rotatable bonds is 3. The summed E-state index contributed by atoms with van der Waals surface area (Å²) in [5, 5.41) is 9.54.